The fourth-order valence-electron chi connectivity index (χ4n) is 2.56. The smallest absolute Gasteiger partial charge is 0.407 e. The third kappa shape index (κ3) is 8.41. The number of aryl methyl sites for hydroxylation is 1. The minimum absolute atomic E-state index is 0.314. The van der Waals surface area contributed by atoms with E-state index in [2.05, 4.69) is 21.2 Å². The molecule has 2 unspecified atom stereocenters. The average Bonchev–Trinajstić information content (AvgIpc) is 2.48. The number of alkyl carbamates (subject to hydrolysis) is 1. The molecule has 0 aliphatic rings. The molecule has 1 aromatic carbocycles. The number of aliphatic carboxylic acids is 1. The van der Waals surface area contributed by atoms with Crippen molar-refractivity contribution >= 4 is 39.6 Å². The second-order valence-corrected chi connectivity index (χ2v) is 8.62. The lowest BCUT2D eigenvalue weighted by Crippen LogP contribution is -2.41. The summed E-state index contributed by atoms with van der Waals surface area (Å²) in [6.07, 6.45) is 1.51. The molecule has 26 heavy (non-hydrogen) atoms. The van der Waals surface area contributed by atoms with Gasteiger partial charge in [-0.1, -0.05) is 40.5 Å². The van der Waals surface area contributed by atoms with Crippen molar-refractivity contribution < 1.29 is 19.4 Å². The van der Waals surface area contributed by atoms with Crippen molar-refractivity contribution in [1.29, 1.82) is 0 Å². The Morgan fingerprint density at radius 3 is 2.50 bits per heavy atom. The molecule has 0 saturated heterocycles. The van der Waals surface area contributed by atoms with Gasteiger partial charge in [0.25, 0.3) is 0 Å². The number of carbonyl (C=O) groups is 2. The van der Waals surface area contributed by atoms with Crippen LogP contribution in [0.4, 0.5) is 4.79 Å². The zero-order valence-electron chi connectivity index (χ0n) is 15.6. The van der Waals surface area contributed by atoms with Crippen LogP contribution in [0.15, 0.2) is 22.7 Å². The molecule has 0 aliphatic heterocycles. The summed E-state index contributed by atoms with van der Waals surface area (Å²) in [5, 5.41) is 12.8. The lowest BCUT2D eigenvalue weighted by Gasteiger charge is -2.25. The summed E-state index contributed by atoms with van der Waals surface area (Å²) in [7, 11) is 0. The Kier molecular flexibility index (Phi) is 8.90. The monoisotopic (exact) mass is 447 g/mol. The van der Waals surface area contributed by atoms with Crippen LogP contribution in [0.1, 0.15) is 52.5 Å². The Bertz CT molecular complexity index is 630. The number of ether oxygens (including phenoxy) is 1. The number of benzene rings is 1. The summed E-state index contributed by atoms with van der Waals surface area (Å²) in [5.74, 6) is -1.37. The maximum atomic E-state index is 12.1. The van der Waals surface area contributed by atoms with Crippen LogP contribution < -0.4 is 5.32 Å². The predicted molar refractivity (Wildman–Crippen MR) is 107 cm³/mol. The van der Waals surface area contributed by atoms with Gasteiger partial charge in [-0.05, 0) is 64.2 Å². The largest absolute Gasteiger partial charge is 0.481 e. The first-order valence-electron chi connectivity index (χ1n) is 8.68. The first kappa shape index (κ1) is 22.8. The minimum Gasteiger partial charge on any atom is -0.481 e. The van der Waals surface area contributed by atoms with E-state index < -0.39 is 23.6 Å². The van der Waals surface area contributed by atoms with E-state index in [0.717, 1.165) is 10.0 Å². The zero-order chi connectivity index (χ0) is 19.9. The van der Waals surface area contributed by atoms with E-state index in [1.54, 1.807) is 20.8 Å². The summed E-state index contributed by atoms with van der Waals surface area (Å²) in [6.45, 7) is 7.19. The number of carbonyl (C=O) groups excluding carboxylic acids is 1. The van der Waals surface area contributed by atoms with Crippen LogP contribution in [-0.4, -0.2) is 28.8 Å². The molecule has 0 aliphatic carbocycles. The normalized spacial score (nSPS) is 13.8. The molecule has 1 rings (SSSR count). The third-order valence-electron chi connectivity index (χ3n) is 3.91. The van der Waals surface area contributed by atoms with Gasteiger partial charge in [-0.2, -0.15) is 0 Å². The highest BCUT2D eigenvalue weighted by atomic mass is 79.9. The fourth-order valence-corrected chi connectivity index (χ4v) is 3.33. The van der Waals surface area contributed by atoms with Crippen molar-refractivity contribution in [3.8, 4) is 0 Å². The van der Waals surface area contributed by atoms with Crippen LogP contribution in [-0.2, 0) is 16.0 Å². The summed E-state index contributed by atoms with van der Waals surface area (Å²) in [6, 6.07) is 5.33. The molecular formula is C19H27BrClNO4. The van der Waals surface area contributed by atoms with Crippen LogP contribution in [0.3, 0.4) is 0 Å². The number of carboxylic acids is 1. The number of amides is 1. The summed E-state index contributed by atoms with van der Waals surface area (Å²) in [4.78, 5) is 23.5. The Hall–Kier alpha value is -1.27. The molecule has 0 aromatic heterocycles. The quantitative estimate of drug-likeness (QED) is 0.556. The molecule has 146 valence electrons. The number of rotatable bonds is 8. The minimum atomic E-state index is -0.856. The first-order chi connectivity index (χ1) is 12.0. The summed E-state index contributed by atoms with van der Waals surface area (Å²) < 4.78 is 6.20. The van der Waals surface area contributed by atoms with Crippen LogP contribution in [0.25, 0.3) is 0 Å². The molecule has 1 aromatic rings. The highest BCUT2D eigenvalue weighted by Gasteiger charge is 2.24. The van der Waals surface area contributed by atoms with Gasteiger partial charge in [0.1, 0.15) is 5.60 Å². The molecular weight excluding hydrogens is 422 g/mol. The Labute approximate surface area is 168 Å². The van der Waals surface area contributed by atoms with Crippen molar-refractivity contribution in [2.75, 3.05) is 0 Å². The van der Waals surface area contributed by atoms with Gasteiger partial charge in [0, 0.05) is 15.5 Å². The van der Waals surface area contributed by atoms with Crippen LogP contribution >= 0.6 is 27.5 Å². The van der Waals surface area contributed by atoms with Gasteiger partial charge in [0.2, 0.25) is 0 Å². The van der Waals surface area contributed by atoms with E-state index in [1.807, 2.05) is 25.1 Å². The summed E-state index contributed by atoms with van der Waals surface area (Å²) >= 11 is 9.62. The SMILES string of the molecule is CCC(CC(CCc1ccc(Br)cc1Cl)NC(=O)OC(C)(C)C)C(=O)O. The molecule has 1 amide bonds. The van der Waals surface area contributed by atoms with E-state index in [-0.39, 0.29) is 6.04 Å². The molecule has 7 heteroatoms. The Balaban J connectivity index is 2.81. The van der Waals surface area contributed by atoms with Crippen molar-refractivity contribution in [2.45, 2.75) is 65.0 Å². The molecule has 0 fully saturated rings. The van der Waals surface area contributed by atoms with Gasteiger partial charge < -0.3 is 15.2 Å². The molecule has 0 bridgehead atoms. The van der Waals surface area contributed by atoms with Gasteiger partial charge in [0.15, 0.2) is 0 Å². The van der Waals surface area contributed by atoms with E-state index >= 15 is 0 Å². The van der Waals surface area contributed by atoms with E-state index in [0.29, 0.717) is 30.7 Å². The standard InChI is InChI=1S/C19H27BrClNO4/c1-5-12(17(23)24)10-15(22-18(25)26-19(2,3)4)9-7-13-6-8-14(20)11-16(13)21/h6,8,11-12,15H,5,7,9-10H2,1-4H3,(H,22,25)(H,23,24). The fraction of sp³-hybridized carbons (Fsp3) is 0.579. The predicted octanol–water partition coefficient (Wildman–Crippen LogP) is 5.43. The number of hydrogen-bond donors (Lipinski definition) is 2. The molecule has 5 nitrogen and oxygen atoms in total. The number of halogens is 2. The van der Waals surface area contributed by atoms with Crippen molar-refractivity contribution in [2.24, 2.45) is 5.92 Å². The average molecular weight is 449 g/mol. The molecule has 0 heterocycles. The maximum absolute atomic E-state index is 12.1. The maximum Gasteiger partial charge on any atom is 0.407 e. The highest BCUT2D eigenvalue weighted by molar-refractivity contribution is 9.10. The van der Waals surface area contributed by atoms with E-state index in [1.165, 1.54) is 0 Å². The van der Waals surface area contributed by atoms with Gasteiger partial charge in [0.05, 0.1) is 5.92 Å². The number of nitrogens with one attached hydrogen (secondary N) is 1. The lowest BCUT2D eigenvalue weighted by molar-refractivity contribution is -0.142. The Morgan fingerprint density at radius 1 is 1.35 bits per heavy atom. The second-order valence-electron chi connectivity index (χ2n) is 7.30. The summed E-state index contributed by atoms with van der Waals surface area (Å²) in [5.41, 5.74) is 0.342. The second kappa shape index (κ2) is 10.2. The van der Waals surface area contributed by atoms with Crippen LogP contribution in [0, 0.1) is 5.92 Å². The zero-order valence-corrected chi connectivity index (χ0v) is 18.0. The van der Waals surface area contributed by atoms with Crippen LogP contribution in [0.2, 0.25) is 5.02 Å². The first-order valence-corrected chi connectivity index (χ1v) is 9.85. The lowest BCUT2D eigenvalue weighted by atomic mass is 9.93. The van der Waals surface area contributed by atoms with Crippen LogP contribution in [0.5, 0.6) is 0 Å². The molecule has 0 saturated carbocycles. The molecule has 0 radical (unpaired) electrons. The van der Waals surface area contributed by atoms with Gasteiger partial charge in [-0.25, -0.2) is 4.79 Å². The molecule has 2 N–H and O–H groups in total. The number of hydrogen-bond acceptors (Lipinski definition) is 3. The topological polar surface area (TPSA) is 75.6 Å². The number of carboxylic acid groups (broad SMARTS) is 1. The molecule has 0 spiro atoms. The van der Waals surface area contributed by atoms with E-state index in [9.17, 15) is 14.7 Å². The Morgan fingerprint density at radius 2 is 2.00 bits per heavy atom. The third-order valence-corrected chi connectivity index (χ3v) is 4.75. The van der Waals surface area contributed by atoms with Crippen molar-refractivity contribution in [3.63, 3.8) is 0 Å². The van der Waals surface area contributed by atoms with Crippen molar-refractivity contribution in [1.82, 2.24) is 5.32 Å². The highest BCUT2D eigenvalue weighted by Crippen LogP contribution is 2.24. The van der Waals surface area contributed by atoms with Gasteiger partial charge in [-0.15, -0.1) is 0 Å². The van der Waals surface area contributed by atoms with Gasteiger partial charge in [-0.3, -0.25) is 4.79 Å². The van der Waals surface area contributed by atoms with Gasteiger partial charge >= 0.3 is 12.1 Å². The van der Waals surface area contributed by atoms with Crippen molar-refractivity contribution in [3.05, 3.63) is 33.3 Å². The molecule has 2 atom stereocenters. The van der Waals surface area contributed by atoms with E-state index in [4.69, 9.17) is 16.3 Å².